The molecule has 2 aliphatic heterocycles. The Labute approximate surface area is 621 Å². The zero-order valence-electron chi connectivity index (χ0n) is 72.1. The minimum absolute atomic E-state index is 0.285. The average Bonchev–Trinajstić information content (AvgIpc) is 0.802. The smallest absolute Gasteiger partial charge is 0.360 e. The van der Waals surface area contributed by atoms with E-state index in [1.54, 1.807) is 0 Å². The zero-order valence-corrected chi connectivity index (χ0v) is 89.1. The van der Waals surface area contributed by atoms with Gasteiger partial charge in [-0.25, -0.2) is 0 Å². The minimum atomic E-state index is -4.01. The number of nitrogens with one attached hydrogen (secondary N) is 10. The van der Waals surface area contributed by atoms with Gasteiger partial charge in [0.25, 0.3) is 0 Å². The van der Waals surface area contributed by atoms with Gasteiger partial charge in [0.1, 0.15) is 98.8 Å². The number of hydrogen-bond acceptors (Lipinski definition) is 11. The van der Waals surface area contributed by atoms with Crippen molar-refractivity contribution in [2.75, 3.05) is 7.05 Å². The summed E-state index contributed by atoms with van der Waals surface area (Å²) in [6, 6.07) is 31.2. The fourth-order valence-electron chi connectivity index (χ4n) is 14.4. The lowest BCUT2D eigenvalue weighted by Gasteiger charge is -2.50. The van der Waals surface area contributed by atoms with Gasteiger partial charge in [-0.1, -0.05) is 286 Å². The normalized spacial score (nSPS) is 20.2. The van der Waals surface area contributed by atoms with E-state index >= 15 is 0 Å². The molecule has 2 aliphatic rings. The molecule has 0 amide bonds. The van der Waals surface area contributed by atoms with Crippen LogP contribution in [0.5, 0.6) is 0 Å². The van der Waals surface area contributed by atoms with E-state index in [0.29, 0.717) is 0 Å². The van der Waals surface area contributed by atoms with Crippen molar-refractivity contribution in [1.82, 2.24) is 50.7 Å². The molecule has 31 heteroatoms. The Hall–Kier alpha value is 1.48. The predicted octanol–water partition coefficient (Wildman–Crippen LogP) is 19.6. The van der Waals surface area contributed by atoms with Crippen molar-refractivity contribution in [3.8, 4) is 0 Å². The lowest BCUT2D eigenvalue weighted by Crippen LogP contribution is -2.88. The maximum absolute atomic E-state index is 12.1. The molecule has 0 aliphatic carbocycles. The Kier molecular flexibility index (Phi) is 43.0. The molecule has 2 atom stereocenters. The number of hydrogen-bond donors (Lipinski definition) is 10. The number of benzene rings is 2. The van der Waals surface area contributed by atoms with Gasteiger partial charge in [-0.2, -0.15) is 13.2 Å². The highest BCUT2D eigenvalue weighted by Gasteiger charge is 2.48. The van der Waals surface area contributed by atoms with Crippen LogP contribution >= 0.6 is 0 Å². The molecule has 97 heavy (non-hydrogen) atoms. The van der Waals surface area contributed by atoms with Crippen molar-refractivity contribution in [2.24, 2.45) is 0 Å². The van der Waals surface area contributed by atoms with Gasteiger partial charge in [-0.05, 0) is 124 Å². The van der Waals surface area contributed by atoms with E-state index in [2.05, 4.69) is 376 Å². The van der Waals surface area contributed by atoms with E-state index in [4.69, 9.17) is 0 Å². The second-order valence-electron chi connectivity index (χ2n) is 39.0. The molecule has 0 radical (unpaired) electrons. The van der Waals surface area contributed by atoms with Crippen LogP contribution in [0.1, 0.15) is 61.3 Å². The summed E-state index contributed by atoms with van der Waals surface area (Å²) in [5.74, 6) is 0. The van der Waals surface area contributed by atoms with Gasteiger partial charge >= 0.3 is 6.18 Å². The molecular formula is C66H168F3N11Si17. The first kappa shape index (κ1) is 103. The molecule has 2 aromatic rings. The van der Waals surface area contributed by atoms with Gasteiger partial charge < -0.3 is 50.7 Å². The summed E-state index contributed by atoms with van der Waals surface area (Å²) in [5.41, 5.74) is 1.45. The Morgan fingerprint density at radius 1 is 0.402 bits per heavy atom. The van der Waals surface area contributed by atoms with Crippen LogP contribution in [0.2, 0.25) is 277 Å². The Balaban J connectivity index is -0.00000108. The van der Waals surface area contributed by atoms with Crippen molar-refractivity contribution in [3.63, 3.8) is 0 Å². The third kappa shape index (κ3) is 47.7. The van der Waals surface area contributed by atoms with Crippen molar-refractivity contribution < 1.29 is 13.2 Å². The molecule has 0 spiro atoms. The fraction of sp³-hybridized carbons (Fsp3) is 0.818. The van der Waals surface area contributed by atoms with E-state index in [1.807, 2.05) is 13.1 Å². The number of rotatable bonds is 22. The van der Waals surface area contributed by atoms with Crippen LogP contribution < -0.4 is 56.9 Å². The third-order valence-corrected chi connectivity index (χ3v) is 100. The lowest BCUT2D eigenvalue weighted by molar-refractivity contribution is -0.130. The maximum atomic E-state index is 12.1. The van der Waals surface area contributed by atoms with E-state index in [9.17, 15) is 13.2 Å². The fourth-order valence-corrected chi connectivity index (χ4v) is 114. The number of nitrogens with zero attached hydrogens (tertiary/aromatic N) is 1. The molecule has 2 fully saturated rings. The first-order valence-corrected chi connectivity index (χ1v) is 90.6. The van der Waals surface area contributed by atoms with Crippen molar-refractivity contribution in [1.29, 1.82) is 0 Å². The molecule has 0 bridgehead atoms. The molecular weight excluding hydrogens is 1480 g/mol. The van der Waals surface area contributed by atoms with Gasteiger partial charge in [0.15, 0.2) is 42.0 Å². The summed E-state index contributed by atoms with van der Waals surface area (Å²) >= 11 is 0. The van der Waals surface area contributed by atoms with E-state index in [-0.39, 0.29) is 6.04 Å². The van der Waals surface area contributed by atoms with Crippen molar-refractivity contribution in [2.45, 2.75) is 344 Å². The monoisotopic (exact) mass is 1650 g/mol. The van der Waals surface area contributed by atoms with Gasteiger partial charge in [-0.3, -0.25) is 0 Å². The molecule has 0 aromatic heterocycles. The zero-order chi connectivity index (χ0) is 77.7. The quantitative estimate of drug-likeness (QED) is 0.0519. The Morgan fingerprint density at radius 2 is 0.742 bits per heavy atom. The first-order chi connectivity index (χ1) is 42.8. The summed E-state index contributed by atoms with van der Waals surface area (Å²) in [5, 5.41) is 3.00. The van der Waals surface area contributed by atoms with Crippen LogP contribution in [-0.2, 0) is 0 Å². The lowest BCUT2D eigenvalue weighted by atomic mass is 10.4. The highest BCUT2D eigenvalue weighted by Crippen LogP contribution is 2.27. The predicted molar refractivity (Wildman–Crippen MR) is 487 cm³/mol. The van der Waals surface area contributed by atoms with E-state index in [1.165, 1.54) is 58.7 Å². The van der Waals surface area contributed by atoms with Crippen molar-refractivity contribution in [3.05, 3.63) is 60.7 Å². The molecule has 2 unspecified atom stereocenters. The van der Waals surface area contributed by atoms with Crippen LogP contribution in [0.4, 0.5) is 13.2 Å². The Bertz CT molecular complexity index is 2460. The second-order valence-corrected chi connectivity index (χ2v) is 119. The highest BCUT2D eigenvalue weighted by atomic mass is 28.5. The molecule has 0 saturated carbocycles. The van der Waals surface area contributed by atoms with Gasteiger partial charge in [0.2, 0.25) is 0 Å². The topological polar surface area (TPSA) is 124 Å². The van der Waals surface area contributed by atoms with Gasteiger partial charge in [0, 0.05) is 6.42 Å². The summed E-state index contributed by atoms with van der Waals surface area (Å²) in [7, 11) is -19.7. The molecule has 2 heterocycles. The van der Waals surface area contributed by atoms with Crippen molar-refractivity contribution >= 4 is 151 Å². The number of alkyl halides is 3. The Morgan fingerprint density at radius 3 is 1.05 bits per heavy atom. The summed E-state index contributed by atoms with van der Waals surface area (Å²) in [4.78, 5) is 0. The second kappa shape index (κ2) is 40.6. The summed E-state index contributed by atoms with van der Waals surface area (Å²) in [6.45, 7) is 97.0. The SMILES string of the molecule is CCC[Si](C)(C)N[Si](C)(C)C.CC[Si](C)(C)N(C)[Si](C)(C)C.CC[Si](C)(C)N[Si](C)(C)C.CC[Si](C)(C)N[Si](C)(C)CCC(F)(F)F.CC[Si](C)(N[Si](C)(C)c1ccccc1)c1ccccc1.CC[Si]1(C)N[Si](C)(C)C[Si](C)(C)N[Si](C)(C)N1.CC[Si]1(C)N[Si](C)(C)N[Si](C)(C)N1. The van der Waals surface area contributed by atoms with E-state index < -0.39 is 153 Å². The summed E-state index contributed by atoms with van der Waals surface area (Å²) in [6.07, 6.45) is -3.33. The van der Waals surface area contributed by atoms with Crippen LogP contribution in [0, 0.1) is 0 Å². The standard InChI is InChI=1S/C17H25NSi2.C10H31N3Si4.C9H22F3NSi2.2C8H23NSi2.C7H23N3Si3.C7H21NSi2/c1-5-20(4,17-14-10-7-11-15-17)18-19(2,3)16-12-8-6-9-13-16;1-9-17(8)12-15(4,5)10-14(2,3)11-16(6,7)13-17;1-6-14(2,3)13-15(4,5)8-7-9(10,11)12;1-8-11(6,7)9(2)10(3,4)5;1-7-8-11(5,6)9-10(2,3)4;1-7-13(6)9-11(2,3)8-12(4,5)10-13;1-7-10(5,6)8-9(2,3)4/h6-15,18H,5H2,1-4H3;11-13H,9-10H2,1-8H3;13H,6-8H2,1-5H3;8H2,1-7H3;9H,7-8H2,1-6H3;8-10H,7H2,1-6H3;8H,7H2,1-6H3. The number of halogens is 3. The molecule has 576 valence electrons. The highest BCUT2D eigenvalue weighted by molar-refractivity contribution is 7.08. The molecule has 4 rings (SSSR count). The minimum Gasteiger partial charge on any atom is -0.360 e. The van der Waals surface area contributed by atoms with Crippen LogP contribution in [-0.4, -0.2) is 158 Å². The van der Waals surface area contributed by atoms with E-state index in [0.717, 1.165) is 6.04 Å². The molecule has 2 aromatic carbocycles. The van der Waals surface area contributed by atoms with Crippen LogP contribution in [0.15, 0.2) is 60.7 Å². The van der Waals surface area contributed by atoms with Crippen LogP contribution in [0.25, 0.3) is 0 Å². The van der Waals surface area contributed by atoms with Crippen LogP contribution in [0.3, 0.4) is 0 Å². The first-order valence-electron chi connectivity index (χ1n) is 37.6. The maximum Gasteiger partial charge on any atom is 0.388 e. The van der Waals surface area contributed by atoms with Gasteiger partial charge in [0.05, 0.1) is 0 Å². The van der Waals surface area contributed by atoms with Gasteiger partial charge in [-0.15, -0.1) is 0 Å². The molecule has 2 saturated heterocycles. The summed E-state index contributed by atoms with van der Waals surface area (Å²) < 4.78 is 78.2. The molecule has 10 N–H and O–H groups in total. The largest absolute Gasteiger partial charge is 0.388 e. The third-order valence-electron chi connectivity index (χ3n) is 18.7. The molecule has 11 nitrogen and oxygen atoms in total. The average molecular weight is 1650 g/mol.